The zero-order chi connectivity index (χ0) is 17.3. The minimum Gasteiger partial charge on any atom is -0.324 e. The molecule has 1 fully saturated rings. The standard InChI is InChI=1S/C15H17BrN6O2/c1-15(2)13(23)21(14(24)17-15)8-3-9-22-19-12(18-20-22)10-4-6-11(16)7-5-10/h4-7H,3,8-9H2,1-2H3,(H,17,24). The molecule has 1 aliphatic heterocycles. The van der Waals surface area contributed by atoms with Crippen LogP contribution in [0.5, 0.6) is 0 Å². The average Bonchev–Trinajstić information content (AvgIpc) is 3.06. The molecule has 0 bridgehead atoms. The number of aryl methyl sites for hydroxylation is 1. The molecule has 0 aliphatic carbocycles. The molecule has 2 aromatic rings. The van der Waals surface area contributed by atoms with E-state index in [-0.39, 0.29) is 11.9 Å². The van der Waals surface area contributed by atoms with Gasteiger partial charge in [-0.2, -0.15) is 4.80 Å². The van der Waals surface area contributed by atoms with Gasteiger partial charge in [0.05, 0.1) is 6.54 Å². The number of tetrazole rings is 1. The number of benzene rings is 1. The Hall–Kier alpha value is -2.29. The molecule has 3 amide bonds. The van der Waals surface area contributed by atoms with Gasteiger partial charge in [0.25, 0.3) is 5.91 Å². The Labute approximate surface area is 147 Å². The molecule has 3 rings (SSSR count). The first-order valence-corrected chi connectivity index (χ1v) is 8.34. The Kier molecular flexibility index (Phi) is 4.35. The highest BCUT2D eigenvalue weighted by atomic mass is 79.9. The van der Waals surface area contributed by atoms with Crippen molar-refractivity contribution in [2.24, 2.45) is 0 Å². The molecule has 1 aromatic carbocycles. The van der Waals surface area contributed by atoms with Gasteiger partial charge in [0, 0.05) is 16.6 Å². The molecule has 1 saturated heterocycles. The van der Waals surface area contributed by atoms with Crippen LogP contribution in [0.25, 0.3) is 11.4 Å². The van der Waals surface area contributed by atoms with Crippen LogP contribution >= 0.6 is 15.9 Å². The summed E-state index contributed by atoms with van der Waals surface area (Å²) in [6, 6.07) is 7.28. The number of carbonyl (C=O) groups excluding carboxylic acids is 2. The lowest BCUT2D eigenvalue weighted by Crippen LogP contribution is -2.40. The van der Waals surface area contributed by atoms with E-state index in [2.05, 4.69) is 36.7 Å². The van der Waals surface area contributed by atoms with Crippen LogP contribution in [-0.2, 0) is 11.3 Å². The van der Waals surface area contributed by atoms with Gasteiger partial charge in [-0.25, -0.2) is 4.79 Å². The quantitative estimate of drug-likeness (QED) is 0.783. The first-order chi connectivity index (χ1) is 11.4. The smallest absolute Gasteiger partial charge is 0.324 e. The summed E-state index contributed by atoms with van der Waals surface area (Å²) in [5, 5.41) is 15.0. The number of halogens is 1. The summed E-state index contributed by atoms with van der Waals surface area (Å²) in [6.07, 6.45) is 0.561. The second kappa shape index (κ2) is 6.31. The largest absolute Gasteiger partial charge is 0.325 e. The maximum absolute atomic E-state index is 12.1. The molecule has 1 aliphatic rings. The van der Waals surface area contributed by atoms with Gasteiger partial charge >= 0.3 is 6.03 Å². The molecule has 2 heterocycles. The number of imide groups is 1. The van der Waals surface area contributed by atoms with Crippen LogP contribution in [0.4, 0.5) is 4.79 Å². The third-order valence-corrected chi connectivity index (χ3v) is 4.27. The van der Waals surface area contributed by atoms with Gasteiger partial charge in [0.2, 0.25) is 5.82 Å². The summed E-state index contributed by atoms with van der Waals surface area (Å²) in [4.78, 5) is 26.6. The van der Waals surface area contributed by atoms with E-state index in [0.29, 0.717) is 25.3 Å². The van der Waals surface area contributed by atoms with Gasteiger partial charge in [0.1, 0.15) is 5.54 Å². The summed E-state index contributed by atoms with van der Waals surface area (Å²) in [5.74, 6) is 0.327. The number of nitrogens with one attached hydrogen (secondary N) is 1. The molecule has 0 radical (unpaired) electrons. The Morgan fingerprint density at radius 3 is 2.50 bits per heavy atom. The molecule has 0 unspecified atom stereocenters. The van der Waals surface area contributed by atoms with Crippen molar-refractivity contribution in [1.82, 2.24) is 30.4 Å². The van der Waals surface area contributed by atoms with Crippen molar-refractivity contribution in [1.29, 1.82) is 0 Å². The van der Waals surface area contributed by atoms with Gasteiger partial charge in [-0.1, -0.05) is 15.9 Å². The molecule has 1 N–H and O–H groups in total. The highest BCUT2D eigenvalue weighted by molar-refractivity contribution is 9.10. The van der Waals surface area contributed by atoms with E-state index >= 15 is 0 Å². The Morgan fingerprint density at radius 2 is 1.88 bits per heavy atom. The highest BCUT2D eigenvalue weighted by Crippen LogP contribution is 2.18. The zero-order valence-electron chi connectivity index (χ0n) is 13.4. The van der Waals surface area contributed by atoms with Crippen LogP contribution in [0.2, 0.25) is 0 Å². The lowest BCUT2D eigenvalue weighted by molar-refractivity contribution is -0.130. The van der Waals surface area contributed by atoms with Crippen molar-refractivity contribution in [2.75, 3.05) is 6.54 Å². The monoisotopic (exact) mass is 392 g/mol. The third-order valence-electron chi connectivity index (χ3n) is 3.74. The van der Waals surface area contributed by atoms with Crippen molar-refractivity contribution in [3.8, 4) is 11.4 Å². The van der Waals surface area contributed by atoms with E-state index < -0.39 is 5.54 Å². The van der Waals surface area contributed by atoms with E-state index in [1.54, 1.807) is 13.8 Å². The fourth-order valence-electron chi connectivity index (χ4n) is 2.44. The van der Waals surface area contributed by atoms with Crippen molar-refractivity contribution in [3.05, 3.63) is 28.7 Å². The Balaban J connectivity index is 1.57. The Bertz CT molecular complexity index is 771. The summed E-state index contributed by atoms with van der Waals surface area (Å²) < 4.78 is 0.982. The number of urea groups is 1. The van der Waals surface area contributed by atoms with Crippen LogP contribution in [0.1, 0.15) is 20.3 Å². The minimum atomic E-state index is -0.836. The molecule has 0 spiro atoms. The van der Waals surface area contributed by atoms with Crippen LogP contribution in [0.15, 0.2) is 28.7 Å². The topological polar surface area (TPSA) is 93.0 Å². The fraction of sp³-hybridized carbons (Fsp3) is 0.400. The Morgan fingerprint density at radius 1 is 1.17 bits per heavy atom. The highest BCUT2D eigenvalue weighted by Gasteiger charge is 2.43. The van der Waals surface area contributed by atoms with E-state index in [9.17, 15) is 9.59 Å². The fourth-order valence-corrected chi connectivity index (χ4v) is 2.71. The first-order valence-electron chi connectivity index (χ1n) is 7.55. The van der Waals surface area contributed by atoms with Gasteiger partial charge in [-0.15, -0.1) is 10.2 Å². The molecule has 8 nitrogen and oxygen atoms in total. The molecule has 9 heteroatoms. The van der Waals surface area contributed by atoms with Crippen LogP contribution < -0.4 is 5.32 Å². The number of amides is 3. The normalized spacial score (nSPS) is 16.5. The van der Waals surface area contributed by atoms with Gasteiger partial charge < -0.3 is 5.32 Å². The number of carbonyl (C=O) groups is 2. The average molecular weight is 393 g/mol. The first kappa shape index (κ1) is 16.6. The lowest BCUT2D eigenvalue weighted by Gasteiger charge is -2.15. The number of hydrogen-bond donors (Lipinski definition) is 1. The molecule has 0 saturated carbocycles. The van der Waals surface area contributed by atoms with E-state index in [0.717, 1.165) is 10.0 Å². The summed E-state index contributed by atoms with van der Waals surface area (Å²) in [6.45, 7) is 4.18. The summed E-state index contributed by atoms with van der Waals surface area (Å²) in [5.41, 5.74) is 0.0393. The molecular weight excluding hydrogens is 376 g/mol. The predicted molar refractivity (Wildman–Crippen MR) is 89.9 cm³/mol. The minimum absolute atomic E-state index is 0.213. The SMILES string of the molecule is CC1(C)NC(=O)N(CCCn2nnc(-c3ccc(Br)cc3)n2)C1=O. The molecular formula is C15H17BrN6O2. The van der Waals surface area contributed by atoms with E-state index in [4.69, 9.17) is 0 Å². The van der Waals surface area contributed by atoms with Crippen LogP contribution in [0, 0.1) is 0 Å². The number of hydrogen-bond acceptors (Lipinski definition) is 5. The van der Waals surface area contributed by atoms with Crippen molar-refractivity contribution in [2.45, 2.75) is 32.4 Å². The number of rotatable bonds is 5. The molecule has 0 atom stereocenters. The van der Waals surface area contributed by atoms with Crippen molar-refractivity contribution < 1.29 is 9.59 Å². The molecule has 126 valence electrons. The van der Waals surface area contributed by atoms with Crippen molar-refractivity contribution in [3.63, 3.8) is 0 Å². The second-order valence-electron chi connectivity index (χ2n) is 6.08. The van der Waals surface area contributed by atoms with E-state index in [1.165, 1.54) is 9.70 Å². The summed E-state index contributed by atoms with van der Waals surface area (Å²) >= 11 is 3.38. The van der Waals surface area contributed by atoms with Gasteiger partial charge in [-0.05, 0) is 49.7 Å². The molecule has 24 heavy (non-hydrogen) atoms. The predicted octanol–water partition coefficient (Wildman–Crippen LogP) is 1.82. The second-order valence-corrected chi connectivity index (χ2v) is 7.00. The molecule has 1 aromatic heterocycles. The van der Waals surface area contributed by atoms with E-state index in [1.807, 2.05) is 24.3 Å². The number of aromatic nitrogens is 4. The zero-order valence-corrected chi connectivity index (χ0v) is 14.9. The van der Waals surface area contributed by atoms with Gasteiger partial charge in [-0.3, -0.25) is 9.69 Å². The maximum Gasteiger partial charge on any atom is 0.325 e. The maximum atomic E-state index is 12.1. The van der Waals surface area contributed by atoms with Gasteiger partial charge in [0.15, 0.2) is 0 Å². The van der Waals surface area contributed by atoms with Crippen LogP contribution in [0.3, 0.4) is 0 Å². The third kappa shape index (κ3) is 3.30. The van der Waals surface area contributed by atoms with Crippen LogP contribution in [-0.4, -0.2) is 49.1 Å². The summed E-state index contributed by atoms with van der Waals surface area (Å²) in [7, 11) is 0. The lowest BCUT2D eigenvalue weighted by atomic mass is 10.1. The number of nitrogens with zero attached hydrogens (tertiary/aromatic N) is 5. The van der Waals surface area contributed by atoms with Crippen molar-refractivity contribution >= 4 is 27.9 Å².